The zero-order chi connectivity index (χ0) is 21.5. The number of aromatic nitrogens is 2. The SMILES string of the molecule is COCC(C)n1c(SC(C)C(=O)NCCC2=CCCCC2)nc2ccccc2c1=O. The van der Waals surface area contributed by atoms with Gasteiger partial charge in [-0.15, -0.1) is 0 Å². The normalized spacial score (nSPS) is 16.2. The molecule has 1 amide bonds. The van der Waals surface area contributed by atoms with Crippen LogP contribution in [0.15, 0.2) is 45.9 Å². The van der Waals surface area contributed by atoms with Crippen molar-refractivity contribution in [2.45, 2.75) is 62.4 Å². The highest BCUT2D eigenvalue weighted by molar-refractivity contribution is 8.00. The molecule has 1 aromatic heterocycles. The van der Waals surface area contributed by atoms with Gasteiger partial charge < -0.3 is 10.1 Å². The molecule has 1 N–H and O–H groups in total. The Balaban J connectivity index is 1.74. The van der Waals surface area contributed by atoms with Gasteiger partial charge in [0.1, 0.15) is 0 Å². The molecule has 2 atom stereocenters. The third-order valence-electron chi connectivity index (χ3n) is 5.41. The zero-order valence-electron chi connectivity index (χ0n) is 18.0. The number of rotatable bonds is 9. The molecule has 3 rings (SSSR count). The van der Waals surface area contributed by atoms with Gasteiger partial charge in [-0.25, -0.2) is 4.98 Å². The van der Waals surface area contributed by atoms with E-state index in [1.807, 2.05) is 32.0 Å². The number of thioether (sulfide) groups is 1. The number of benzene rings is 1. The Hall–Kier alpha value is -2.12. The third-order valence-corrected chi connectivity index (χ3v) is 6.47. The van der Waals surface area contributed by atoms with Crippen LogP contribution >= 0.6 is 11.8 Å². The molecule has 162 valence electrons. The molecule has 0 bridgehead atoms. The molecule has 1 aliphatic rings. The Labute approximate surface area is 182 Å². The van der Waals surface area contributed by atoms with E-state index in [0.717, 1.165) is 19.3 Å². The number of hydrogen-bond acceptors (Lipinski definition) is 5. The number of amides is 1. The van der Waals surface area contributed by atoms with E-state index >= 15 is 0 Å². The lowest BCUT2D eigenvalue weighted by atomic mass is 9.97. The number of carbonyl (C=O) groups excluding carboxylic acids is 1. The van der Waals surface area contributed by atoms with Gasteiger partial charge in [-0.3, -0.25) is 14.2 Å². The summed E-state index contributed by atoms with van der Waals surface area (Å²) in [6, 6.07) is 7.12. The van der Waals surface area contributed by atoms with Crippen molar-refractivity contribution in [1.82, 2.24) is 14.9 Å². The first-order valence-electron chi connectivity index (χ1n) is 10.6. The maximum Gasteiger partial charge on any atom is 0.262 e. The second-order valence-electron chi connectivity index (χ2n) is 7.80. The van der Waals surface area contributed by atoms with E-state index in [1.54, 1.807) is 17.7 Å². The van der Waals surface area contributed by atoms with E-state index in [4.69, 9.17) is 9.72 Å². The molecular formula is C23H31N3O3S. The highest BCUT2D eigenvalue weighted by Crippen LogP contribution is 2.25. The monoisotopic (exact) mass is 429 g/mol. The maximum atomic E-state index is 13.1. The molecule has 1 heterocycles. The second-order valence-corrected chi connectivity index (χ2v) is 9.11. The average molecular weight is 430 g/mol. The third kappa shape index (κ3) is 5.52. The lowest BCUT2D eigenvalue weighted by molar-refractivity contribution is -0.120. The van der Waals surface area contributed by atoms with Crippen LogP contribution in [0.2, 0.25) is 0 Å². The van der Waals surface area contributed by atoms with Crippen LogP contribution in [0.25, 0.3) is 10.9 Å². The molecule has 6 nitrogen and oxygen atoms in total. The summed E-state index contributed by atoms with van der Waals surface area (Å²) >= 11 is 1.32. The van der Waals surface area contributed by atoms with Gasteiger partial charge in [-0.05, 0) is 58.1 Å². The maximum absolute atomic E-state index is 13.1. The summed E-state index contributed by atoms with van der Waals surface area (Å²) in [6.45, 7) is 4.82. The van der Waals surface area contributed by atoms with E-state index in [2.05, 4.69) is 11.4 Å². The standard InChI is InChI=1S/C23H31N3O3S/c1-16(15-29-3)26-22(28)19-11-7-8-12-20(19)25-23(26)30-17(2)21(27)24-14-13-18-9-5-4-6-10-18/h7-9,11-12,16-17H,4-6,10,13-15H2,1-3H3,(H,24,27). The van der Waals surface area contributed by atoms with Gasteiger partial charge in [-0.2, -0.15) is 0 Å². The first-order valence-corrected chi connectivity index (χ1v) is 11.5. The molecule has 2 aromatic rings. The molecule has 1 aromatic carbocycles. The average Bonchev–Trinajstić information content (AvgIpc) is 2.74. The lowest BCUT2D eigenvalue weighted by Crippen LogP contribution is -2.33. The predicted molar refractivity (Wildman–Crippen MR) is 122 cm³/mol. The number of hydrogen-bond donors (Lipinski definition) is 1. The van der Waals surface area contributed by atoms with Gasteiger partial charge in [0.2, 0.25) is 5.91 Å². The minimum atomic E-state index is -0.362. The smallest absolute Gasteiger partial charge is 0.262 e. The van der Waals surface area contributed by atoms with Crippen LogP contribution in [-0.4, -0.2) is 41.0 Å². The van der Waals surface area contributed by atoms with Crippen molar-refractivity contribution in [1.29, 1.82) is 0 Å². The summed E-state index contributed by atoms with van der Waals surface area (Å²) in [6.07, 6.45) is 8.03. The predicted octanol–water partition coefficient (Wildman–Crippen LogP) is 4.09. The van der Waals surface area contributed by atoms with Gasteiger partial charge in [0.15, 0.2) is 5.16 Å². The van der Waals surface area contributed by atoms with Gasteiger partial charge in [0.25, 0.3) is 5.56 Å². The minimum absolute atomic E-state index is 0.0373. The first-order chi connectivity index (χ1) is 14.5. The number of carbonyl (C=O) groups is 1. The topological polar surface area (TPSA) is 73.2 Å². The molecule has 0 radical (unpaired) electrons. The summed E-state index contributed by atoms with van der Waals surface area (Å²) in [4.78, 5) is 30.5. The number of nitrogens with one attached hydrogen (secondary N) is 1. The van der Waals surface area contributed by atoms with E-state index in [-0.39, 0.29) is 22.8 Å². The number of allylic oxidation sites excluding steroid dienone is 1. The molecule has 2 unspecified atom stereocenters. The summed E-state index contributed by atoms with van der Waals surface area (Å²) in [5.74, 6) is -0.0373. The highest BCUT2D eigenvalue weighted by Gasteiger charge is 2.21. The van der Waals surface area contributed by atoms with Crippen molar-refractivity contribution in [2.24, 2.45) is 0 Å². The fourth-order valence-corrected chi connectivity index (χ4v) is 4.78. The number of para-hydroxylation sites is 1. The summed E-state index contributed by atoms with van der Waals surface area (Å²) < 4.78 is 6.91. The van der Waals surface area contributed by atoms with Gasteiger partial charge in [0.05, 0.1) is 28.8 Å². The Kier molecular flexibility index (Phi) is 8.10. The van der Waals surface area contributed by atoms with Crippen LogP contribution in [-0.2, 0) is 9.53 Å². The van der Waals surface area contributed by atoms with E-state index in [0.29, 0.717) is 29.2 Å². The van der Waals surface area contributed by atoms with E-state index in [9.17, 15) is 9.59 Å². The Morgan fingerprint density at radius 3 is 2.83 bits per heavy atom. The van der Waals surface area contributed by atoms with Crippen LogP contribution in [0.4, 0.5) is 0 Å². The molecule has 7 heteroatoms. The van der Waals surface area contributed by atoms with Crippen molar-refractivity contribution in [3.8, 4) is 0 Å². The molecule has 0 fully saturated rings. The number of ether oxygens (including phenoxy) is 1. The van der Waals surface area contributed by atoms with Crippen molar-refractivity contribution >= 4 is 28.6 Å². The van der Waals surface area contributed by atoms with Crippen LogP contribution in [0.1, 0.15) is 52.0 Å². The summed E-state index contributed by atoms with van der Waals surface area (Å²) in [5, 5.41) is 3.79. The van der Waals surface area contributed by atoms with Crippen molar-refractivity contribution in [2.75, 3.05) is 20.3 Å². The number of methoxy groups -OCH3 is 1. The van der Waals surface area contributed by atoms with Crippen LogP contribution in [0, 0.1) is 0 Å². The molecule has 0 saturated carbocycles. The van der Waals surface area contributed by atoms with Crippen molar-refractivity contribution < 1.29 is 9.53 Å². The van der Waals surface area contributed by atoms with Gasteiger partial charge in [-0.1, -0.05) is 35.5 Å². The second kappa shape index (κ2) is 10.8. The van der Waals surface area contributed by atoms with Crippen molar-refractivity contribution in [3.63, 3.8) is 0 Å². The fraction of sp³-hybridized carbons (Fsp3) is 0.522. The Bertz CT molecular complexity index is 970. The van der Waals surface area contributed by atoms with Crippen molar-refractivity contribution in [3.05, 3.63) is 46.3 Å². The summed E-state index contributed by atoms with van der Waals surface area (Å²) in [5.41, 5.74) is 1.98. The molecule has 0 aliphatic heterocycles. The van der Waals surface area contributed by atoms with Gasteiger partial charge in [0, 0.05) is 13.7 Å². The quantitative estimate of drug-likeness (QED) is 0.369. The van der Waals surface area contributed by atoms with Gasteiger partial charge >= 0.3 is 0 Å². The Morgan fingerprint density at radius 2 is 2.10 bits per heavy atom. The summed E-state index contributed by atoms with van der Waals surface area (Å²) in [7, 11) is 1.61. The fourth-order valence-electron chi connectivity index (χ4n) is 3.75. The van der Waals surface area contributed by atoms with Crippen LogP contribution in [0.5, 0.6) is 0 Å². The molecule has 1 aliphatic carbocycles. The highest BCUT2D eigenvalue weighted by atomic mass is 32.2. The molecular weight excluding hydrogens is 398 g/mol. The number of fused-ring (bicyclic) bond motifs is 1. The lowest BCUT2D eigenvalue weighted by Gasteiger charge is -2.20. The first kappa shape index (κ1) is 22.6. The Morgan fingerprint density at radius 1 is 1.30 bits per heavy atom. The largest absolute Gasteiger partial charge is 0.383 e. The van der Waals surface area contributed by atoms with E-state index < -0.39 is 0 Å². The zero-order valence-corrected chi connectivity index (χ0v) is 18.8. The van der Waals surface area contributed by atoms with E-state index in [1.165, 1.54) is 30.2 Å². The molecule has 0 saturated heterocycles. The molecule has 0 spiro atoms. The van der Waals surface area contributed by atoms with Crippen LogP contribution < -0.4 is 10.9 Å². The molecule has 30 heavy (non-hydrogen) atoms. The van der Waals surface area contributed by atoms with Crippen LogP contribution in [0.3, 0.4) is 0 Å². The number of nitrogens with zero attached hydrogens (tertiary/aromatic N) is 2. The minimum Gasteiger partial charge on any atom is -0.383 e.